The molecule has 0 bridgehead atoms. The molecule has 0 N–H and O–H groups in total. The molecular weight excluding hydrogens is 120 g/mol. The van der Waals surface area contributed by atoms with Crippen molar-refractivity contribution in [1.29, 1.82) is 0 Å². The maximum absolute atomic E-state index is 2.34. The van der Waals surface area contributed by atoms with Crippen molar-refractivity contribution in [2.45, 2.75) is 51.9 Å². The molecule has 2 atom stereocenters. The molecule has 0 aliphatic heterocycles. The second-order valence-corrected chi connectivity index (χ2v) is 4.24. The van der Waals surface area contributed by atoms with Gasteiger partial charge in [-0.15, -0.1) is 0 Å². The summed E-state index contributed by atoms with van der Waals surface area (Å²) in [4.78, 5) is 0. The third-order valence-corrected chi connectivity index (χ3v) is 3.83. The van der Waals surface area contributed by atoms with Gasteiger partial charge in [-0.3, -0.25) is 0 Å². The third-order valence-electron chi connectivity index (χ3n) is 3.83. The van der Waals surface area contributed by atoms with Crippen LogP contribution in [0, 0.1) is 11.3 Å². The van der Waals surface area contributed by atoms with Crippen LogP contribution in [0.2, 0.25) is 0 Å². The first-order valence-electron chi connectivity index (χ1n) is 4.87. The van der Waals surface area contributed by atoms with Crippen LogP contribution in [0.3, 0.4) is 0 Å². The molecule has 2 fully saturated rings. The van der Waals surface area contributed by atoms with Gasteiger partial charge in [0, 0.05) is 0 Å². The summed E-state index contributed by atoms with van der Waals surface area (Å²) in [6.07, 6.45) is 10.7. The molecule has 0 amide bonds. The lowest BCUT2D eigenvalue weighted by molar-refractivity contribution is 0.0533. The molecule has 0 saturated heterocycles. The normalized spacial score (nSPS) is 44.7. The number of fused-ring (bicyclic) bond motifs is 1. The van der Waals surface area contributed by atoms with Crippen LogP contribution >= 0.6 is 0 Å². The van der Waals surface area contributed by atoms with E-state index in [1.54, 1.807) is 25.7 Å². The van der Waals surface area contributed by atoms with E-state index in [9.17, 15) is 0 Å². The molecule has 0 spiro atoms. The summed E-state index contributed by atoms with van der Waals surface area (Å²) in [5.74, 6) is 1.16. The highest BCUT2D eigenvalue weighted by molar-refractivity contribution is 4.99. The van der Waals surface area contributed by atoms with Crippen molar-refractivity contribution in [3.63, 3.8) is 0 Å². The first kappa shape index (κ1) is 6.69. The average Bonchev–Trinajstić information content (AvgIpc) is 2.15. The zero-order chi connectivity index (χ0) is 7.03. The van der Waals surface area contributed by atoms with Crippen LogP contribution in [0.1, 0.15) is 51.9 Å². The predicted molar refractivity (Wildman–Crippen MR) is 43.9 cm³/mol. The van der Waals surface area contributed by atoms with Gasteiger partial charge in [0.15, 0.2) is 0 Å². The van der Waals surface area contributed by atoms with Crippen LogP contribution in [0.4, 0.5) is 0 Å². The summed E-state index contributed by atoms with van der Waals surface area (Å²) in [5, 5.41) is 0. The Labute approximate surface area is 64.0 Å². The summed E-state index contributed by atoms with van der Waals surface area (Å²) in [7, 11) is 0. The molecular formula is C10H18. The second-order valence-electron chi connectivity index (χ2n) is 4.24. The standard InChI is InChI=1S/C10H18/c1-2-6-10-7-3-4-9(10)5-8-10/h9H,2-8H2,1H3. The van der Waals surface area contributed by atoms with Crippen molar-refractivity contribution < 1.29 is 0 Å². The molecule has 2 aliphatic rings. The molecule has 2 unspecified atom stereocenters. The first-order valence-corrected chi connectivity index (χ1v) is 4.87. The van der Waals surface area contributed by atoms with Crippen LogP contribution in [0.25, 0.3) is 0 Å². The SMILES string of the molecule is CCCC12CCCC1CC2. The predicted octanol–water partition coefficient (Wildman–Crippen LogP) is 3.37. The fourth-order valence-electron chi connectivity index (χ4n) is 3.19. The van der Waals surface area contributed by atoms with E-state index in [0.29, 0.717) is 0 Å². The van der Waals surface area contributed by atoms with Crippen molar-refractivity contribution in [3.8, 4) is 0 Å². The minimum Gasteiger partial charge on any atom is -0.0654 e. The van der Waals surface area contributed by atoms with Crippen LogP contribution in [0.5, 0.6) is 0 Å². The van der Waals surface area contributed by atoms with E-state index in [4.69, 9.17) is 0 Å². The Morgan fingerprint density at radius 1 is 1.30 bits per heavy atom. The Morgan fingerprint density at radius 3 is 2.70 bits per heavy atom. The summed E-state index contributed by atoms with van der Waals surface area (Å²) < 4.78 is 0. The van der Waals surface area contributed by atoms with Crippen molar-refractivity contribution >= 4 is 0 Å². The minimum atomic E-state index is 0.884. The van der Waals surface area contributed by atoms with Gasteiger partial charge in [-0.2, -0.15) is 0 Å². The molecule has 2 saturated carbocycles. The lowest BCUT2D eigenvalue weighted by Crippen LogP contribution is -2.35. The zero-order valence-corrected chi connectivity index (χ0v) is 7.03. The monoisotopic (exact) mass is 138 g/mol. The van der Waals surface area contributed by atoms with Gasteiger partial charge in [0.05, 0.1) is 0 Å². The average molecular weight is 138 g/mol. The van der Waals surface area contributed by atoms with Gasteiger partial charge in [-0.05, 0) is 43.4 Å². The number of hydrogen-bond donors (Lipinski definition) is 0. The van der Waals surface area contributed by atoms with Crippen molar-refractivity contribution in [3.05, 3.63) is 0 Å². The van der Waals surface area contributed by atoms with Crippen LogP contribution in [0.15, 0.2) is 0 Å². The smallest absolute Gasteiger partial charge is 0.0269 e. The summed E-state index contributed by atoms with van der Waals surface area (Å²) >= 11 is 0. The van der Waals surface area contributed by atoms with E-state index in [1.807, 2.05) is 0 Å². The first-order chi connectivity index (χ1) is 4.87. The molecule has 0 aromatic rings. The lowest BCUT2D eigenvalue weighted by Gasteiger charge is -2.45. The van der Waals surface area contributed by atoms with Crippen LogP contribution < -0.4 is 0 Å². The maximum atomic E-state index is 2.34. The molecule has 0 radical (unpaired) electrons. The molecule has 0 aromatic heterocycles. The quantitative estimate of drug-likeness (QED) is 0.549. The van der Waals surface area contributed by atoms with Gasteiger partial charge in [0.25, 0.3) is 0 Å². The summed E-state index contributed by atoms with van der Waals surface area (Å²) in [6, 6.07) is 0. The molecule has 2 rings (SSSR count). The molecule has 2 aliphatic carbocycles. The van der Waals surface area contributed by atoms with E-state index in [2.05, 4.69) is 6.92 Å². The van der Waals surface area contributed by atoms with E-state index in [-0.39, 0.29) is 0 Å². The Kier molecular flexibility index (Phi) is 1.51. The Bertz CT molecular complexity index is 128. The van der Waals surface area contributed by atoms with Gasteiger partial charge >= 0.3 is 0 Å². The molecule has 0 heterocycles. The van der Waals surface area contributed by atoms with E-state index < -0.39 is 0 Å². The third kappa shape index (κ3) is 0.741. The van der Waals surface area contributed by atoms with Crippen molar-refractivity contribution in [2.75, 3.05) is 0 Å². The molecule has 58 valence electrons. The Hall–Kier alpha value is 0. The van der Waals surface area contributed by atoms with Crippen LogP contribution in [-0.2, 0) is 0 Å². The minimum absolute atomic E-state index is 0.884. The Balaban J connectivity index is 2.00. The maximum Gasteiger partial charge on any atom is -0.0269 e. The molecule has 10 heavy (non-hydrogen) atoms. The van der Waals surface area contributed by atoms with Gasteiger partial charge in [-0.25, -0.2) is 0 Å². The highest BCUT2D eigenvalue weighted by atomic mass is 14.5. The van der Waals surface area contributed by atoms with Crippen molar-refractivity contribution in [1.82, 2.24) is 0 Å². The van der Waals surface area contributed by atoms with E-state index >= 15 is 0 Å². The Morgan fingerprint density at radius 2 is 2.20 bits per heavy atom. The molecule has 0 nitrogen and oxygen atoms in total. The summed E-state index contributed by atoms with van der Waals surface area (Å²) in [5.41, 5.74) is 0.884. The second kappa shape index (κ2) is 2.25. The van der Waals surface area contributed by atoms with E-state index in [1.165, 1.54) is 19.3 Å². The van der Waals surface area contributed by atoms with E-state index in [0.717, 1.165) is 11.3 Å². The van der Waals surface area contributed by atoms with Crippen LogP contribution in [-0.4, -0.2) is 0 Å². The highest BCUT2D eigenvalue weighted by Gasteiger charge is 2.48. The highest BCUT2D eigenvalue weighted by Crippen LogP contribution is 2.59. The van der Waals surface area contributed by atoms with Gasteiger partial charge < -0.3 is 0 Å². The topological polar surface area (TPSA) is 0 Å². The fraction of sp³-hybridized carbons (Fsp3) is 1.00. The fourth-order valence-corrected chi connectivity index (χ4v) is 3.19. The number of hydrogen-bond acceptors (Lipinski definition) is 0. The lowest BCUT2D eigenvalue weighted by atomic mass is 9.60. The van der Waals surface area contributed by atoms with Crippen molar-refractivity contribution in [2.24, 2.45) is 11.3 Å². The molecule has 0 heteroatoms. The largest absolute Gasteiger partial charge is 0.0654 e. The zero-order valence-electron chi connectivity index (χ0n) is 7.03. The van der Waals surface area contributed by atoms with Gasteiger partial charge in [-0.1, -0.05) is 19.8 Å². The molecule has 0 aromatic carbocycles. The van der Waals surface area contributed by atoms with Gasteiger partial charge in [0.2, 0.25) is 0 Å². The summed E-state index contributed by atoms with van der Waals surface area (Å²) in [6.45, 7) is 2.34. The number of rotatable bonds is 2. The van der Waals surface area contributed by atoms with Gasteiger partial charge in [0.1, 0.15) is 0 Å².